The molecule has 0 saturated carbocycles. The Morgan fingerprint density at radius 2 is 1.90 bits per heavy atom. The fourth-order valence-corrected chi connectivity index (χ4v) is 2.77. The molecule has 4 nitrogen and oxygen atoms in total. The average Bonchev–Trinajstić information content (AvgIpc) is 2.71. The fraction of sp³-hybridized carbons (Fsp3) is 0.294. The van der Waals surface area contributed by atoms with Crippen LogP contribution in [0.25, 0.3) is 24.4 Å². The van der Waals surface area contributed by atoms with Gasteiger partial charge in [0.15, 0.2) is 0 Å². The Hall–Kier alpha value is -2.36. The molecular formula is C17H22N3O+. The lowest BCUT2D eigenvalue weighted by atomic mass is 10.1. The lowest BCUT2D eigenvalue weighted by Gasteiger charge is -2.05. The van der Waals surface area contributed by atoms with Crippen molar-refractivity contribution in [3.05, 3.63) is 51.2 Å². The molecule has 0 spiro atoms. The summed E-state index contributed by atoms with van der Waals surface area (Å²) in [6, 6.07) is 0. The molecule has 0 unspecified atom stereocenters. The molecule has 0 aromatic carbocycles. The maximum atomic E-state index is 12.7. The van der Waals surface area contributed by atoms with E-state index in [0.29, 0.717) is 5.35 Å². The van der Waals surface area contributed by atoms with Crippen molar-refractivity contribution in [3.8, 4) is 0 Å². The number of aryl methyl sites for hydroxylation is 1. The SMILES string of the molecule is C=Cc1c(C)c(C)n2c(=O)n(C=C)c(=C)c(=[N+](C)CC)c12. The summed E-state index contributed by atoms with van der Waals surface area (Å²) in [4.78, 5) is 12.7. The van der Waals surface area contributed by atoms with E-state index in [1.165, 1.54) is 10.8 Å². The van der Waals surface area contributed by atoms with Crippen molar-refractivity contribution in [2.45, 2.75) is 20.8 Å². The van der Waals surface area contributed by atoms with Gasteiger partial charge in [0.05, 0.1) is 0 Å². The van der Waals surface area contributed by atoms with Crippen LogP contribution >= 0.6 is 0 Å². The zero-order chi connectivity index (χ0) is 15.9. The van der Waals surface area contributed by atoms with Gasteiger partial charge in [-0.15, -0.1) is 0 Å². The van der Waals surface area contributed by atoms with E-state index < -0.39 is 0 Å². The summed E-state index contributed by atoms with van der Waals surface area (Å²) < 4.78 is 5.31. The molecule has 0 aliphatic rings. The molecule has 0 atom stereocenters. The zero-order valence-corrected chi connectivity index (χ0v) is 13.2. The lowest BCUT2D eigenvalue weighted by Crippen LogP contribution is -2.49. The van der Waals surface area contributed by atoms with Crippen molar-refractivity contribution in [1.82, 2.24) is 13.5 Å². The maximum Gasteiger partial charge on any atom is 0.337 e. The standard InChI is InChI=1S/C17H22N3O/c1-8-14-11(4)12(5)20-16(14)15(18(7)9-2)13(6)19(10-3)17(20)21/h8,10H,1,3,6,9H2,2,4-5,7H3/q+1. The van der Waals surface area contributed by atoms with Gasteiger partial charge in [0, 0.05) is 17.5 Å². The Morgan fingerprint density at radius 3 is 2.38 bits per heavy atom. The summed E-state index contributed by atoms with van der Waals surface area (Å²) in [5, 5.41) is 1.58. The molecule has 2 heterocycles. The Morgan fingerprint density at radius 1 is 1.29 bits per heavy atom. The molecule has 2 rings (SSSR count). The summed E-state index contributed by atoms with van der Waals surface area (Å²) in [6.45, 7) is 18.6. The molecule has 0 bridgehead atoms. The summed E-state index contributed by atoms with van der Waals surface area (Å²) in [5.41, 5.74) is 3.70. The Kier molecular flexibility index (Phi) is 3.73. The molecule has 21 heavy (non-hydrogen) atoms. The number of aromatic nitrogens is 2. The minimum absolute atomic E-state index is 0.146. The van der Waals surface area contributed by atoms with Crippen LogP contribution in [0.2, 0.25) is 0 Å². The van der Waals surface area contributed by atoms with Gasteiger partial charge in [-0.25, -0.2) is 9.37 Å². The quantitative estimate of drug-likeness (QED) is 0.774. The van der Waals surface area contributed by atoms with Crippen LogP contribution in [-0.2, 0) is 0 Å². The first-order chi connectivity index (χ1) is 9.90. The maximum absolute atomic E-state index is 12.7. The monoisotopic (exact) mass is 284 g/mol. The molecule has 0 saturated heterocycles. The van der Waals surface area contributed by atoms with Crippen LogP contribution < -0.4 is 21.0 Å². The second-order valence-corrected chi connectivity index (χ2v) is 5.16. The second kappa shape index (κ2) is 5.20. The highest BCUT2D eigenvalue weighted by Gasteiger charge is 2.19. The molecule has 2 aromatic rings. The lowest BCUT2D eigenvalue weighted by molar-refractivity contribution is 0.688. The minimum atomic E-state index is -0.146. The third-order valence-corrected chi connectivity index (χ3v) is 4.19. The summed E-state index contributed by atoms with van der Waals surface area (Å²) in [6.07, 6.45) is 3.32. The van der Waals surface area contributed by atoms with Crippen molar-refractivity contribution in [2.24, 2.45) is 0 Å². The molecule has 0 radical (unpaired) electrons. The van der Waals surface area contributed by atoms with Gasteiger partial charge in [-0.3, -0.25) is 8.97 Å². The van der Waals surface area contributed by atoms with Gasteiger partial charge in [0.2, 0.25) is 5.36 Å². The van der Waals surface area contributed by atoms with Crippen molar-refractivity contribution in [1.29, 1.82) is 0 Å². The predicted molar refractivity (Wildman–Crippen MR) is 90.1 cm³/mol. The van der Waals surface area contributed by atoms with E-state index in [1.54, 1.807) is 4.40 Å². The van der Waals surface area contributed by atoms with Gasteiger partial charge in [-0.1, -0.05) is 25.8 Å². The topological polar surface area (TPSA) is 29.4 Å². The highest BCUT2D eigenvalue weighted by molar-refractivity contribution is 5.73. The van der Waals surface area contributed by atoms with Crippen LogP contribution in [0.15, 0.2) is 18.0 Å². The Balaban J connectivity index is 3.44. The van der Waals surface area contributed by atoms with Crippen LogP contribution in [0.3, 0.4) is 0 Å². The first-order valence-electron chi connectivity index (χ1n) is 6.98. The highest BCUT2D eigenvalue weighted by atomic mass is 16.1. The number of rotatable bonds is 3. The van der Waals surface area contributed by atoms with E-state index in [2.05, 4.69) is 31.2 Å². The van der Waals surface area contributed by atoms with E-state index in [1.807, 2.05) is 27.0 Å². The van der Waals surface area contributed by atoms with Crippen LogP contribution in [0.1, 0.15) is 23.7 Å². The molecular weight excluding hydrogens is 262 g/mol. The smallest absolute Gasteiger partial charge is 0.264 e. The molecule has 0 N–H and O–H groups in total. The van der Waals surface area contributed by atoms with E-state index in [4.69, 9.17) is 0 Å². The number of nitrogens with zero attached hydrogens (tertiary/aromatic N) is 3. The minimum Gasteiger partial charge on any atom is -0.264 e. The van der Waals surface area contributed by atoms with Crippen LogP contribution in [-0.4, -0.2) is 22.6 Å². The van der Waals surface area contributed by atoms with Gasteiger partial charge >= 0.3 is 5.69 Å². The Bertz CT molecular complexity index is 926. The van der Waals surface area contributed by atoms with Gasteiger partial charge in [-0.2, -0.15) is 0 Å². The van der Waals surface area contributed by atoms with Gasteiger partial charge < -0.3 is 0 Å². The number of fused-ring (bicyclic) bond motifs is 1. The largest absolute Gasteiger partial charge is 0.337 e. The molecule has 2 aromatic heterocycles. The molecule has 0 aliphatic heterocycles. The molecule has 4 heteroatoms. The third kappa shape index (κ3) is 1.90. The highest BCUT2D eigenvalue weighted by Crippen LogP contribution is 2.19. The van der Waals surface area contributed by atoms with Gasteiger partial charge in [-0.05, 0) is 26.3 Å². The van der Waals surface area contributed by atoms with Gasteiger partial charge in [0.1, 0.15) is 24.5 Å². The van der Waals surface area contributed by atoms with E-state index in [0.717, 1.165) is 34.2 Å². The number of hydrogen-bond acceptors (Lipinski definition) is 1. The summed E-state index contributed by atoms with van der Waals surface area (Å²) in [5.74, 6) is 0. The van der Waals surface area contributed by atoms with Crippen molar-refractivity contribution < 1.29 is 0 Å². The normalized spacial score (nSPS) is 12.6. The second-order valence-electron chi connectivity index (χ2n) is 5.16. The van der Waals surface area contributed by atoms with Crippen LogP contribution in [0.4, 0.5) is 0 Å². The van der Waals surface area contributed by atoms with E-state index in [9.17, 15) is 4.79 Å². The number of hydrogen-bond donors (Lipinski definition) is 0. The summed E-state index contributed by atoms with van der Waals surface area (Å²) >= 11 is 0. The van der Waals surface area contributed by atoms with Crippen molar-refractivity contribution in [3.63, 3.8) is 0 Å². The molecule has 110 valence electrons. The van der Waals surface area contributed by atoms with E-state index in [-0.39, 0.29) is 5.69 Å². The first kappa shape index (κ1) is 15.0. The fourth-order valence-electron chi connectivity index (χ4n) is 2.77. The van der Waals surface area contributed by atoms with Crippen LogP contribution in [0, 0.1) is 13.8 Å². The molecule has 0 fully saturated rings. The predicted octanol–water partition coefficient (Wildman–Crippen LogP) is 1.01. The van der Waals surface area contributed by atoms with Crippen molar-refractivity contribution in [2.75, 3.05) is 13.6 Å². The average molecular weight is 284 g/mol. The van der Waals surface area contributed by atoms with Gasteiger partial charge in [0.25, 0.3) is 0 Å². The molecule has 0 amide bonds. The third-order valence-electron chi connectivity index (χ3n) is 4.19. The van der Waals surface area contributed by atoms with Crippen molar-refractivity contribution >= 4 is 24.4 Å². The van der Waals surface area contributed by atoms with E-state index >= 15 is 0 Å². The Labute approximate surface area is 124 Å². The zero-order valence-electron chi connectivity index (χ0n) is 13.2. The van der Waals surface area contributed by atoms with Crippen LogP contribution in [0.5, 0.6) is 0 Å². The summed E-state index contributed by atoms with van der Waals surface area (Å²) in [7, 11) is 1.99. The first-order valence-corrected chi connectivity index (χ1v) is 6.98. The molecule has 0 aliphatic carbocycles.